The van der Waals surface area contributed by atoms with Gasteiger partial charge < -0.3 is 10.4 Å². The average molecular weight is 358 g/mol. The number of halogens is 1. The van der Waals surface area contributed by atoms with Gasteiger partial charge in [-0.15, -0.1) is 0 Å². The van der Waals surface area contributed by atoms with E-state index in [-0.39, 0.29) is 11.4 Å². The van der Waals surface area contributed by atoms with Crippen LogP contribution in [0, 0.1) is 11.7 Å². The summed E-state index contributed by atoms with van der Waals surface area (Å²) in [5.74, 6) is -0.0637. The molecule has 0 radical (unpaired) electrons. The monoisotopic (exact) mass is 358 g/mol. The third-order valence-electron chi connectivity index (χ3n) is 4.52. The summed E-state index contributed by atoms with van der Waals surface area (Å²) < 4.78 is 37.9. The standard InChI is InChI=1S/C17H27FN2O3S/c1-17(2,10-13-7-8-20(12-13)24(3,22)23)19-11-16(21)14-5-4-6-15(18)9-14/h4-6,9,13,16,19,21H,7-8,10-12H2,1-3H3/t13-,16+/m1/s1. The van der Waals surface area contributed by atoms with Crippen molar-refractivity contribution in [2.24, 2.45) is 5.92 Å². The predicted molar refractivity (Wildman–Crippen MR) is 92.6 cm³/mol. The van der Waals surface area contributed by atoms with Crippen molar-refractivity contribution in [3.8, 4) is 0 Å². The van der Waals surface area contributed by atoms with Crippen molar-refractivity contribution in [3.05, 3.63) is 35.6 Å². The van der Waals surface area contributed by atoms with Gasteiger partial charge in [0.2, 0.25) is 10.0 Å². The lowest BCUT2D eigenvalue weighted by Crippen LogP contribution is -2.43. The SMILES string of the molecule is CC(C)(C[C@H]1CCN(S(C)(=O)=O)C1)NC[C@H](O)c1cccc(F)c1. The second kappa shape index (κ2) is 7.47. The first-order valence-electron chi connectivity index (χ1n) is 8.20. The Balaban J connectivity index is 1.85. The Morgan fingerprint density at radius 1 is 1.46 bits per heavy atom. The lowest BCUT2D eigenvalue weighted by atomic mass is 9.89. The molecule has 1 aromatic carbocycles. The molecule has 0 bridgehead atoms. The number of benzene rings is 1. The van der Waals surface area contributed by atoms with Crippen molar-refractivity contribution in [1.82, 2.24) is 9.62 Å². The molecule has 2 rings (SSSR count). The highest BCUT2D eigenvalue weighted by molar-refractivity contribution is 7.88. The largest absolute Gasteiger partial charge is 0.387 e. The number of nitrogens with one attached hydrogen (secondary N) is 1. The van der Waals surface area contributed by atoms with Gasteiger partial charge in [-0.25, -0.2) is 17.1 Å². The first kappa shape index (κ1) is 19.3. The van der Waals surface area contributed by atoms with Crippen molar-refractivity contribution in [2.45, 2.75) is 38.3 Å². The predicted octanol–water partition coefficient (Wildman–Crippen LogP) is 1.90. The van der Waals surface area contributed by atoms with Crippen molar-refractivity contribution < 1.29 is 17.9 Å². The van der Waals surface area contributed by atoms with Gasteiger partial charge in [0.1, 0.15) is 5.82 Å². The maximum absolute atomic E-state index is 13.2. The Kier molecular flexibility index (Phi) is 6.01. The summed E-state index contributed by atoms with van der Waals surface area (Å²) in [6, 6.07) is 5.96. The molecule has 2 atom stereocenters. The van der Waals surface area contributed by atoms with Crippen molar-refractivity contribution in [3.63, 3.8) is 0 Å². The van der Waals surface area contributed by atoms with Gasteiger partial charge in [-0.3, -0.25) is 0 Å². The van der Waals surface area contributed by atoms with Crippen molar-refractivity contribution in [1.29, 1.82) is 0 Å². The summed E-state index contributed by atoms with van der Waals surface area (Å²) in [5.41, 5.74) is 0.300. The van der Waals surface area contributed by atoms with E-state index in [0.717, 1.165) is 12.8 Å². The number of aliphatic hydroxyl groups is 1. The number of hydrogen-bond acceptors (Lipinski definition) is 4. The van der Waals surface area contributed by atoms with Crippen LogP contribution in [0.1, 0.15) is 38.4 Å². The topological polar surface area (TPSA) is 69.6 Å². The summed E-state index contributed by atoms with van der Waals surface area (Å²) >= 11 is 0. The molecule has 1 heterocycles. The van der Waals surface area contributed by atoms with Crippen LogP contribution in [0.4, 0.5) is 4.39 Å². The van der Waals surface area contributed by atoms with Crippen LogP contribution in [0.15, 0.2) is 24.3 Å². The lowest BCUT2D eigenvalue weighted by molar-refractivity contribution is 0.155. The summed E-state index contributed by atoms with van der Waals surface area (Å²) in [5, 5.41) is 13.5. The van der Waals surface area contributed by atoms with E-state index in [1.807, 2.05) is 13.8 Å². The fourth-order valence-corrected chi connectivity index (χ4v) is 4.18. The Morgan fingerprint density at radius 2 is 2.17 bits per heavy atom. The van der Waals surface area contributed by atoms with Gasteiger partial charge >= 0.3 is 0 Å². The maximum atomic E-state index is 13.2. The van der Waals surface area contributed by atoms with E-state index in [1.54, 1.807) is 12.1 Å². The molecule has 1 aliphatic heterocycles. The molecule has 2 N–H and O–H groups in total. The van der Waals surface area contributed by atoms with Crippen LogP contribution in [0.3, 0.4) is 0 Å². The number of hydrogen-bond donors (Lipinski definition) is 2. The van der Waals surface area contributed by atoms with Gasteiger partial charge in [-0.05, 0) is 50.3 Å². The molecule has 0 aromatic heterocycles. The van der Waals surface area contributed by atoms with Crippen LogP contribution in [-0.2, 0) is 10.0 Å². The van der Waals surface area contributed by atoms with Crippen LogP contribution in [0.5, 0.6) is 0 Å². The summed E-state index contributed by atoms with van der Waals surface area (Å²) in [4.78, 5) is 0. The first-order chi connectivity index (χ1) is 11.1. The Bertz CT molecular complexity index is 664. The molecule has 7 heteroatoms. The second-order valence-corrected chi connectivity index (χ2v) is 9.30. The zero-order valence-corrected chi connectivity index (χ0v) is 15.3. The molecule has 0 unspecified atom stereocenters. The molecule has 24 heavy (non-hydrogen) atoms. The van der Waals surface area contributed by atoms with E-state index in [1.165, 1.54) is 22.7 Å². The van der Waals surface area contributed by atoms with E-state index in [2.05, 4.69) is 5.32 Å². The molecule has 5 nitrogen and oxygen atoms in total. The number of nitrogens with zero attached hydrogens (tertiary/aromatic N) is 1. The molecule has 1 aromatic rings. The molecule has 0 aliphatic carbocycles. The van der Waals surface area contributed by atoms with E-state index in [9.17, 15) is 17.9 Å². The molecule has 0 spiro atoms. The number of rotatable bonds is 7. The summed E-state index contributed by atoms with van der Waals surface area (Å²) in [6.45, 7) is 5.52. The highest BCUT2D eigenvalue weighted by Gasteiger charge is 2.32. The van der Waals surface area contributed by atoms with Crippen LogP contribution in [-0.4, -0.2) is 49.3 Å². The molecule has 1 saturated heterocycles. The normalized spacial score (nSPS) is 21.1. The van der Waals surface area contributed by atoms with Gasteiger partial charge in [0.05, 0.1) is 12.4 Å². The molecule has 0 saturated carbocycles. The van der Waals surface area contributed by atoms with E-state index in [4.69, 9.17) is 0 Å². The average Bonchev–Trinajstić information content (AvgIpc) is 2.92. The molecular weight excluding hydrogens is 331 g/mol. The molecule has 0 amide bonds. The third kappa shape index (κ3) is 5.51. The van der Waals surface area contributed by atoms with E-state index >= 15 is 0 Å². The molecular formula is C17H27FN2O3S. The summed E-state index contributed by atoms with van der Waals surface area (Å²) in [6.07, 6.45) is 2.13. The zero-order chi connectivity index (χ0) is 18.0. The zero-order valence-electron chi connectivity index (χ0n) is 14.5. The fraction of sp³-hybridized carbons (Fsp3) is 0.647. The molecule has 1 fully saturated rings. The van der Waals surface area contributed by atoms with E-state index < -0.39 is 16.1 Å². The van der Waals surface area contributed by atoms with Gasteiger partial charge in [-0.1, -0.05) is 12.1 Å². The quantitative estimate of drug-likeness (QED) is 0.781. The minimum absolute atomic E-state index is 0.244. The summed E-state index contributed by atoms with van der Waals surface area (Å²) in [7, 11) is -3.12. The van der Waals surface area contributed by atoms with Crippen LogP contribution in [0.25, 0.3) is 0 Å². The highest BCUT2D eigenvalue weighted by atomic mass is 32.2. The van der Waals surface area contributed by atoms with Crippen molar-refractivity contribution in [2.75, 3.05) is 25.9 Å². The minimum atomic E-state index is -3.12. The number of β-amino-alcohol motifs (C(OH)–C–C–N with tert-alkyl or cyclic N) is 1. The Labute approximate surface area is 143 Å². The van der Waals surface area contributed by atoms with Crippen LogP contribution in [0.2, 0.25) is 0 Å². The fourth-order valence-electron chi connectivity index (χ4n) is 3.26. The van der Waals surface area contributed by atoms with E-state index in [0.29, 0.717) is 31.1 Å². The first-order valence-corrected chi connectivity index (χ1v) is 10.1. The van der Waals surface area contributed by atoms with Gasteiger partial charge in [0.25, 0.3) is 0 Å². The second-order valence-electron chi connectivity index (χ2n) is 7.32. The van der Waals surface area contributed by atoms with Gasteiger partial charge in [-0.2, -0.15) is 0 Å². The maximum Gasteiger partial charge on any atom is 0.211 e. The number of sulfonamides is 1. The smallest absolute Gasteiger partial charge is 0.211 e. The minimum Gasteiger partial charge on any atom is -0.387 e. The van der Waals surface area contributed by atoms with Crippen LogP contribution < -0.4 is 5.32 Å². The Morgan fingerprint density at radius 3 is 2.75 bits per heavy atom. The number of aliphatic hydroxyl groups excluding tert-OH is 1. The molecule has 136 valence electrons. The highest BCUT2D eigenvalue weighted by Crippen LogP contribution is 2.27. The third-order valence-corrected chi connectivity index (χ3v) is 5.79. The Hall–Kier alpha value is -1.02. The van der Waals surface area contributed by atoms with Gasteiger partial charge in [0.15, 0.2) is 0 Å². The lowest BCUT2D eigenvalue weighted by Gasteiger charge is -2.30. The van der Waals surface area contributed by atoms with Crippen molar-refractivity contribution >= 4 is 10.0 Å². The van der Waals surface area contributed by atoms with Crippen LogP contribution >= 0.6 is 0 Å². The molecule has 1 aliphatic rings. The van der Waals surface area contributed by atoms with Gasteiger partial charge in [0, 0.05) is 25.2 Å².